The lowest BCUT2D eigenvalue weighted by Gasteiger charge is -1.93. The van der Waals surface area contributed by atoms with Crippen LogP contribution in [0.3, 0.4) is 0 Å². The number of amides is 1. The van der Waals surface area contributed by atoms with E-state index < -0.39 is 10.1 Å². The standard InChI is InChI=1S/C6H6O3S.C3H6N6.CH3NO/c7-10(8,9)6-4-2-1-3-5-6;4-1-7-2(5)9-3(6)8-1;2-1-3/h1-5H,(H,7,8,9);(H6,4,5,6,7,8,9);1H,(H2,2,3). The molecule has 0 aliphatic heterocycles. The molecule has 120 valence electrons. The summed E-state index contributed by atoms with van der Waals surface area (Å²) < 4.78 is 29.2. The number of primary amides is 1. The monoisotopic (exact) mass is 329 g/mol. The molecule has 0 saturated carbocycles. The zero-order chi connectivity index (χ0) is 17.2. The second-order valence-corrected chi connectivity index (χ2v) is 4.76. The summed E-state index contributed by atoms with van der Waals surface area (Å²) in [5.41, 5.74) is 19.6. The molecule has 2 aromatic rings. The Kier molecular flexibility index (Phi) is 7.81. The zero-order valence-electron chi connectivity index (χ0n) is 11.2. The molecule has 1 heterocycles. The minimum Gasteiger partial charge on any atom is -0.372 e. The van der Waals surface area contributed by atoms with Crippen LogP contribution in [0.25, 0.3) is 0 Å². The molecule has 12 heteroatoms. The summed E-state index contributed by atoms with van der Waals surface area (Å²) in [6.07, 6.45) is 0.250. The van der Waals surface area contributed by atoms with Crippen molar-refractivity contribution in [3.05, 3.63) is 30.3 Å². The first kappa shape index (κ1) is 19.0. The highest BCUT2D eigenvalue weighted by molar-refractivity contribution is 7.85. The number of rotatable bonds is 1. The number of carbonyl (C=O) groups excluding carboxylic acids is 1. The van der Waals surface area contributed by atoms with Crippen LogP contribution in [0, 0.1) is 0 Å². The lowest BCUT2D eigenvalue weighted by Crippen LogP contribution is -2.05. The average molecular weight is 329 g/mol. The van der Waals surface area contributed by atoms with Gasteiger partial charge >= 0.3 is 0 Å². The smallest absolute Gasteiger partial charge is 0.294 e. The quantitative estimate of drug-likeness (QED) is 0.306. The van der Waals surface area contributed by atoms with E-state index in [9.17, 15) is 8.42 Å². The molecule has 11 nitrogen and oxygen atoms in total. The normalized spacial score (nSPS) is 9.50. The molecule has 0 atom stereocenters. The third kappa shape index (κ3) is 8.23. The van der Waals surface area contributed by atoms with E-state index in [1.165, 1.54) is 12.1 Å². The van der Waals surface area contributed by atoms with Crippen molar-refractivity contribution in [1.82, 2.24) is 15.0 Å². The van der Waals surface area contributed by atoms with E-state index in [1.807, 2.05) is 0 Å². The van der Waals surface area contributed by atoms with Crippen LogP contribution >= 0.6 is 0 Å². The van der Waals surface area contributed by atoms with Crippen molar-refractivity contribution < 1.29 is 17.8 Å². The molecule has 0 saturated heterocycles. The van der Waals surface area contributed by atoms with Crippen LogP contribution in [-0.4, -0.2) is 34.3 Å². The summed E-state index contributed by atoms with van der Waals surface area (Å²) in [6.45, 7) is 0. The van der Waals surface area contributed by atoms with E-state index in [0.29, 0.717) is 0 Å². The summed E-state index contributed by atoms with van der Waals surface area (Å²) in [5.74, 6) is 0.125. The Bertz CT molecular complexity index is 643. The summed E-state index contributed by atoms with van der Waals surface area (Å²) >= 11 is 0. The van der Waals surface area contributed by atoms with Gasteiger partial charge in [-0.2, -0.15) is 23.4 Å². The zero-order valence-corrected chi connectivity index (χ0v) is 12.0. The van der Waals surface area contributed by atoms with Crippen molar-refractivity contribution in [2.75, 3.05) is 17.2 Å². The largest absolute Gasteiger partial charge is 0.372 e. The highest BCUT2D eigenvalue weighted by Crippen LogP contribution is 2.05. The molecule has 1 aromatic carbocycles. The predicted molar refractivity (Wildman–Crippen MR) is 79.6 cm³/mol. The van der Waals surface area contributed by atoms with Crippen molar-refractivity contribution in [2.24, 2.45) is 5.73 Å². The summed E-state index contributed by atoms with van der Waals surface area (Å²) in [7, 11) is -4.00. The number of hydrogen-bond acceptors (Lipinski definition) is 9. The molecule has 1 amide bonds. The Balaban J connectivity index is 0.000000342. The van der Waals surface area contributed by atoms with Gasteiger partial charge in [0, 0.05) is 0 Å². The SMILES string of the molecule is NC=O.Nc1nc(N)nc(N)n1.O=S(=O)(O)c1ccccc1. The summed E-state index contributed by atoms with van der Waals surface area (Å²) in [5, 5.41) is 0. The van der Waals surface area contributed by atoms with Gasteiger partial charge in [-0.05, 0) is 12.1 Å². The molecule has 0 spiro atoms. The number of hydrogen-bond donors (Lipinski definition) is 5. The first-order chi connectivity index (χ1) is 10.2. The fraction of sp³-hybridized carbons (Fsp3) is 0. The molecule has 1 aromatic heterocycles. The molecule has 0 radical (unpaired) electrons. The topological polar surface area (TPSA) is 214 Å². The molecule has 0 unspecified atom stereocenters. The molecular weight excluding hydrogens is 314 g/mol. The third-order valence-corrected chi connectivity index (χ3v) is 2.60. The molecule has 9 N–H and O–H groups in total. The number of nitrogens with two attached hydrogens (primary N) is 4. The summed E-state index contributed by atoms with van der Waals surface area (Å²) in [6, 6.07) is 7.42. The van der Waals surface area contributed by atoms with Gasteiger partial charge < -0.3 is 22.9 Å². The van der Waals surface area contributed by atoms with Gasteiger partial charge in [-0.3, -0.25) is 9.35 Å². The van der Waals surface area contributed by atoms with Crippen molar-refractivity contribution in [1.29, 1.82) is 0 Å². The Morgan fingerprint density at radius 1 is 0.909 bits per heavy atom. The van der Waals surface area contributed by atoms with Gasteiger partial charge in [0.2, 0.25) is 24.3 Å². The Hall–Kier alpha value is -2.99. The minimum absolute atomic E-state index is 0.0417. The number of aromatic nitrogens is 3. The number of carbonyl (C=O) groups is 1. The minimum atomic E-state index is -4.00. The van der Waals surface area contributed by atoms with Crippen LogP contribution in [0.2, 0.25) is 0 Å². The van der Waals surface area contributed by atoms with E-state index in [4.69, 9.17) is 26.5 Å². The van der Waals surface area contributed by atoms with Gasteiger partial charge in [0.15, 0.2) is 0 Å². The highest BCUT2D eigenvalue weighted by atomic mass is 32.2. The molecule has 0 aliphatic rings. The lowest BCUT2D eigenvalue weighted by atomic mass is 10.4. The number of nitrogen functional groups attached to an aromatic ring is 3. The average Bonchev–Trinajstić information content (AvgIpc) is 2.38. The Morgan fingerprint density at radius 2 is 1.23 bits per heavy atom. The van der Waals surface area contributed by atoms with E-state index in [2.05, 4.69) is 20.7 Å². The molecule has 0 bridgehead atoms. The van der Waals surface area contributed by atoms with Crippen LogP contribution in [-0.2, 0) is 14.9 Å². The first-order valence-electron chi connectivity index (χ1n) is 5.41. The van der Waals surface area contributed by atoms with Crippen molar-refractivity contribution in [3.8, 4) is 0 Å². The summed E-state index contributed by atoms with van der Waals surface area (Å²) in [4.78, 5) is 19.0. The maximum absolute atomic E-state index is 10.4. The fourth-order valence-electron chi connectivity index (χ4n) is 1.02. The Morgan fingerprint density at radius 3 is 1.45 bits per heavy atom. The fourth-order valence-corrected chi connectivity index (χ4v) is 1.52. The van der Waals surface area contributed by atoms with Gasteiger partial charge in [-0.15, -0.1) is 0 Å². The van der Waals surface area contributed by atoms with E-state index in [0.717, 1.165) is 0 Å². The number of nitrogens with zero attached hydrogens (tertiary/aromatic N) is 3. The van der Waals surface area contributed by atoms with Crippen molar-refractivity contribution >= 4 is 34.4 Å². The highest BCUT2D eigenvalue weighted by Gasteiger charge is 2.05. The lowest BCUT2D eigenvalue weighted by molar-refractivity contribution is -0.106. The second kappa shape index (κ2) is 9.04. The van der Waals surface area contributed by atoms with E-state index in [-0.39, 0.29) is 29.2 Å². The number of anilines is 3. The van der Waals surface area contributed by atoms with Gasteiger partial charge in [-0.25, -0.2) is 0 Å². The molecule has 22 heavy (non-hydrogen) atoms. The van der Waals surface area contributed by atoms with Crippen LogP contribution < -0.4 is 22.9 Å². The Labute approximate surface area is 126 Å². The van der Waals surface area contributed by atoms with Crippen LogP contribution in [0.1, 0.15) is 0 Å². The van der Waals surface area contributed by atoms with Gasteiger partial charge in [0.1, 0.15) is 0 Å². The van der Waals surface area contributed by atoms with Crippen molar-refractivity contribution in [2.45, 2.75) is 4.90 Å². The van der Waals surface area contributed by atoms with Gasteiger partial charge in [0.05, 0.1) is 4.90 Å². The maximum atomic E-state index is 10.4. The van der Waals surface area contributed by atoms with Crippen LogP contribution in [0.5, 0.6) is 0 Å². The van der Waals surface area contributed by atoms with Gasteiger partial charge in [0.25, 0.3) is 10.1 Å². The second-order valence-electron chi connectivity index (χ2n) is 3.33. The van der Waals surface area contributed by atoms with Crippen molar-refractivity contribution in [3.63, 3.8) is 0 Å². The molecule has 0 aliphatic carbocycles. The molecular formula is C10H15N7O4S. The first-order valence-corrected chi connectivity index (χ1v) is 6.85. The predicted octanol–water partition coefficient (Wildman–Crippen LogP) is -1.35. The van der Waals surface area contributed by atoms with Gasteiger partial charge in [-0.1, -0.05) is 18.2 Å². The van der Waals surface area contributed by atoms with E-state index in [1.54, 1.807) is 18.2 Å². The molecule has 2 rings (SSSR count). The number of benzene rings is 1. The van der Waals surface area contributed by atoms with E-state index >= 15 is 0 Å². The van der Waals surface area contributed by atoms with Crippen LogP contribution in [0.4, 0.5) is 17.8 Å². The third-order valence-electron chi connectivity index (χ3n) is 1.73. The van der Waals surface area contributed by atoms with Crippen LogP contribution in [0.15, 0.2) is 35.2 Å². The molecule has 0 fully saturated rings. The maximum Gasteiger partial charge on any atom is 0.294 e.